The van der Waals surface area contributed by atoms with E-state index >= 15 is 0 Å². The van der Waals surface area contributed by atoms with E-state index in [1.807, 2.05) is 54.1 Å². The van der Waals surface area contributed by atoms with Gasteiger partial charge in [-0.05, 0) is 24.0 Å². The molecule has 0 saturated heterocycles. The van der Waals surface area contributed by atoms with E-state index in [1.165, 1.54) is 23.1 Å². The molecule has 0 atom stereocenters. The highest BCUT2D eigenvalue weighted by Crippen LogP contribution is 2.30. The molecule has 4 rings (SSSR count). The molecule has 0 spiro atoms. The van der Waals surface area contributed by atoms with Crippen molar-refractivity contribution in [3.05, 3.63) is 81.7 Å². The maximum atomic E-state index is 12.6. The number of hydrogen-bond donors (Lipinski definition) is 1. The molecule has 2 heterocycles. The molecule has 0 saturated carbocycles. The zero-order chi connectivity index (χ0) is 19.5. The van der Waals surface area contributed by atoms with Gasteiger partial charge in [0.1, 0.15) is 17.3 Å². The predicted octanol–water partition coefficient (Wildman–Crippen LogP) is 4.73. The molecule has 0 aliphatic carbocycles. The van der Waals surface area contributed by atoms with Crippen molar-refractivity contribution < 1.29 is 9.53 Å². The monoisotopic (exact) mass is 408 g/mol. The number of ether oxygens (including phenoxy) is 1. The maximum Gasteiger partial charge on any atom is 0.339 e. The first kappa shape index (κ1) is 18.5. The summed E-state index contributed by atoms with van der Waals surface area (Å²) in [4.78, 5) is 33.7. The summed E-state index contributed by atoms with van der Waals surface area (Å²) in [7, 11) is 0. The Morgan fingerprint density at radius 3 is 2.68 bits per heavy atom. The quantitative estimate of drug-likeness (QED) is 0.382. The van der Waals surface area contributed by atoms with Gasteiger partial charge in [0.15, 0.2) is 0 Å². The minimum Gasteiger partial charge on any atom is -0.454 e. The summed E-state index contributed by atoms with van der Waals surface area (Å²) in [6, 6.07) is 17.0. The average Bonchev–Trinajstić information content (AvgIpc) is 3.17. The number of H-pyrrole nitrogens is 1. The topological polar surface area (TPSA) is 72.0 Å². The fraction of sp³-hybridized carbons (Fsp3) is 0.0952. The summed E-state index contributed by atoms with van der Waals surface area (Å²) in [5.74, 6) is -0.113. The van der Waals surface area contributed by atoms with E-state index in [0.717, 1.165) is 16.0 Å². The zero-order valence-electron chi connectivity index (χ0n) is 15.0. The van der Waals surface area contributed by atoms with Gasteiger partial charge in [-0.3, -0.25) is 4.79 Å². The van der Waals surface area contributed by atoms with E-state index in [4.69, 9.17) is 4.74 Å². The summed E-state index contributed by atoms with van der Waals surface area (Å²) in [6.07, 6.45) is 1.90. The first-order valence-electron chi connectivity index (χ1n) is 8.53. The summed E-state index contributed by atoms with van der Waals surface area (Å²) >= 11 is 2.88. The Hall–Kier alpha value is -2.90. The lowest BCUT2D eigenvalue weighted by Crippen LogP contribution is -2.14. The van der Waals surface area contributed by atoms with Crippen LogP contribution >= 0.6 is 23.1 Å². The lowest BCUT2D eigenvalue weighted by molar-refractivity contribution is 0.0458. The minimum absolute atomic E-state index is 0.0920. The van der Waals surface area contributed by atoms with E-state index in [-0.39, 0.29) is 12.2 Å². The Balaban J connectivity index is 1.59. The number of thioether (sulfide) groups is 1. The van der Waals surface area contributed by atoms with E-state index in [9.17, 15) is 9.59 Å². The molecule has 7 heteroatoms. The van der Waals surface area contributed by atoms with E-state index in [2.05, 4.69) is 9.97 Å². The lowest BCUT2D eigenvalue weighted by atomic mass is 10.1. The van der Waals surface area contributed by atoms with E-state index in [0.29, 0.717) is 21.6 Å². The number of fused-ring (bicyclic) bond motifs is 1. The molecule has 140 valence electrons. The number of hydrogen-bond acceptors (Lipinski definition) is 6. The third-order valence-corrected chi connectivity index (χ3v) is 5.91. The van der Waals surface area contributed by atoms with Crippen LogP contribution in [-0.2, 0) is 11.3 Å². The summed E-state index contributed by atoms with van der Waals surface area (Å²) in [5.41, 5.74) is 2.09. The van der Waals surface area contributed by atoms with Gasteiger partial charge in [0, 0.05) is 15.8 Å². The Bertz CT molecular complexity index is 1200. The van der Waals surface area contributed by atoms with Gasteiger partial charge < -0.3 is 9.72 Å². The number of thiophene rings is 1. The highest BCUT2D eigenvalue weighted by atomic mass is 32.2. The van der Waals surface area contributed by atoms with Crippen LogP contribution in [0.1, 0.15) is 16.2 Å². The van der Waals surface area contributed by atoms with Gasteiger partial charge in [-0.15, -0.1) is 23.1 Å². The van der Waals surface area contributed by atoms with Crippen molar-refractivity contribution in [2.24, 2.45) is 0 Å². The third kappa shape index (κ3) is 3.58. The van der Waals surface area contributed by atoms with Crippen molar-refractivity contribution in [2.45, 2.75) is 11.5 Å². The van der Waals surface area contributed by atoms with Crippen LogP contribution in [0, 0.1) is 0 Å². The number of rotatable bonds is 5. The number of aromatic nitrogens is 2. The Morgan fingerprint density at radius 2 is 1.89 bits per heavy atom. The SMILES string of the molecule is CSc1ccccc1C(=O)OCc1nc2scc(-c3ccccc3)c2c(=O)[nH]1. The van der Waals surface area contributed by atoms with Crippen LogP contribution in [0.15, 0.2) is 69.7 Å². The Labute approximate surface area is 169 Å². The Morgan fingerprint density at radius 1 is 1.14 bits per heavy atom. The minimum atomic E-state index is -0.441. The average molecular weight is 409 g/mol. The molecule has 0 amide bonds. The number of esters is 1. The lowest BCUT2D eigenvalue weighted by Gasteiger charge is -2.07. The van der Waals surface area contributed by atoms with Crippen LogP contribution in [0.4, 0.5) is 0 Å². The molecule has 0 radical (unpaired) electrons. The van der Waals surface area contributed by atoms with E-state index in [1.54, 1.807) is 12.1 Å². The van der Waals surface area contributed by atoms with Crippen LogP contribution in [0.25, 0.3) is 21.3 Å². The number of carbonyl (C=O) groups is 1. The second-order valence-electron chi connectivity index (χ2n) is 5.98. The zero-order valence-corrected chi connectivity index (χ0v) is 16.6. The van der Waals surface area contributed by atoms with Gasteiger partial charge in [-0.1, -0.05) is 42.5 Å². The van der Waals surface area contributed by atoms with Gasteiger partial charge in [0.25, 0.3) is 5.56 Å². The van der Waals surface area contributed by atoms with Crippen LogP contribution in [0.5, 0.6) is 0 Å². The second-order valence-corrected chi connectivity index (χ2v) is 7.69. The number of carbonyl (C=O) groups excluding carboxylic acids is 1. The van der Waals surface area contributed by atoms with Crippen molar-refractivity contribution in [1.82, 2.24) is 9.97 Å². The van der Waals surface area contributed by atoms with Gasteiger partial charge in [-0.25, -0.2) is 9.78 Å². The van der Waals surface area contributed by atoms with Crippen LogP contribution in [0.2, 0.25) is 0 Å². The highest BCUT2D eigenvalue weighted by molar-refractivity contribution is 7.98. The normalized spacial score (nSPS) is 10.9. The molecular formula is C21H16N2O3S2. The van der Waals surface area contributed by atoms with Crippen LogP contribution in [-0.4, -0.2) is 22.2 Å². The van der Waals surface area contributed by atoms with Crippen molar-refractivity contribution >= 4 is 39.3 Å². The molecule has 0 aliphatic heterocycles. The Kier molecular flexibility index (Phi) is 5.27. The van der Waals surface area contributed by atoms with Crippen LogP contribution in [0.3, 0.4) is 0 Å². The summed E-state index contributed by atoms with van der Waals surface area (Å²) in [6.45, 7) is -0.0920. The van der Waals surface area contributed by atoms with Gasteiger partial charge >= 0.3 is 5.97 Å². The maximum absolute atomic E-state index is 12.6. The number of benzene rings is 2. The highest BCUT2D eigenvalue weighted by Gasteiger charge is 2.15. The molecule has 28 heavy (non-hydrogen) atoms. The molecule has 4 aromatic rings. The molecule has 0 fully saturated rings. The molecule has 0 aliphatic rings. The molecule has 2 aromatic carbocycles. The van der Waals surface area contributed by atoms with Gasteiger partial charge in [0.05, 0.1) is 10.9 Å². The van der Waals surface area contributed by atoms with Crippen molar-refractivity contribution in [1.29, 1.82) is 0 Å². The van der Waals surface area contributed by atoms with E-state index < -0.39 is 5.97 Å². The van der Waals surface area contributed by atoms with Crippen LogP contribution < -0.4 is 5.56 Å². The van der Waals surface area contributed by atoms with Gasteiger partial charge in [0.2, 0.25) is 0 Å². The van der Waals surface area contributed by atoms with Gasteiger partial charge in [-0.2, -0.15) is 0 Å². The number of aromatic amines is 1. The largest absolute Gasteiger partial charge is 0.454 e. The first-order valence-corrected chi connectivity index (χ1v) is 10.6. The standard InChI is InChI=1S/C21H16N2O3S2/c1-27-16-10-6-5-9-14(16)21(25)26-11-17-22-19(24)18-15(12-28-20(18)23-17)13-7-3-2-4-8-13/h2-10,12H,11H2,1H3,(H,22,23,24). The smallest absolute Gasteiger partial charge is 0.339 e. The van der Waals surface area contributed by atoms with Crippen molar-refractivity contribution in [3.8, 4) is 11.1 Å². The predicted molar refractivity (Wildman–Crippen MR) is 113 cm³/mol. The molecule has 2 aromatic heterocycles. The molecule has 5 nitrogen and oxygen atoms in total. The molecular weight excluding hydrogens is 392 g/mol. The summed E-state index contributed by atoms with van der Waals surface area (Å²) in [5, 5.41) is 2.48. The number of nitrogens with zero attached hydrogens (tertiary/aromatic N) is 1. The molecule has 1 N–H and O–H groups in total. The first-order chi connectivity index (χ1) is 13.7. The third-order valence-electron chi connectivity index (χ3n) is 4.24. The summed E-state index contributed by atoms with van der Waals surface area (Å²) < 4.78 is 5.37. The van der Waals surface area contributed by atoms with Crippen molar-refractivity contribution in [2.75, 3.05) is 6.26 Å². The fourth-order valence-corrected chi connectivity index (χ4v) is 4.47. The second kappa shape index (κ2) is 8.00. The molecule has 0 unspecified atom stereocenters. The number of nitrogens with one attached hydrogen (secondary N) is 1. The fourth-order valence-electron chi connectivity index (χ4n) is 2.92. The molecule has 0 bridgehead atoms. The van der Waals surface area contributed by atoms with Crippen molar-refractivity contribution in [3.63, 3.8) is 0 Å².